The number of hydrogen-bond donors (Lipinski definition) is 2. The second-order valence-corrected chi connectivity index (χ2v) is 12.2. The molecule has 9 heteroatoms. The molecule has 0 radical (unpaired) electrons. The number of benzene rings is 3. The topological polar surface area (TPSA) is 71.2 Å². The van der Waals surface area contributed by atoms with Crippen LogP contribution in [0.3, 0.4) is 0 Å². The first kappa shape index (κ1) is 29.3. The number of carbonyl (C=O) groups is 2. The largest absolute Gasteiger partial charge is 0.372 e. The van der Waals surface area contributed by atoms with E-state index in [1.54, 1.807) is 0 Å². The van der Waals surface area contributed by atoms with Crippen molar-refractivity contribution in [1.29, 1.82) is 0 Å². The normalized spacial score (nSPS) is 17.4. The van der Waals surface area contributed by atoms with Crippen LogP contribution in [0.1, 0.15) is 47.2 Å². The summed E-state index contributed by atoms with van der Waals surface area (Å²) in [6.07, 6.45) is 5.00. The van der Waals surface area contributed by atoms with Crippen molar-refractivity contribution in [2.75, 3.05) is 67.5 Å². The van der Waals surface area contributed by atoms with Gasteiger partial charge in [0.1, 0.15) is 0 Å². The highest BCUT2D eigenvalue weighted by Crippen LogP contribution is 2.26. The van der Waals surface area contributed by atoms with Crippen LogP contribution in [0.5, 0.6) is 0 Å². The molecule has 3 aromatic carbocycles. The number of halogens is 1. The van der Waals surface area contributed by atoms with E-state index in [0.29, 0.717) is 35.9 Å². The van der Waals surface area contributed by atoms with Crippen LogP contribution in [-0.2, 0) is 13.1 Å². The molecule has 3 fully saturated rings. The first-order chi connectivity index (χ1) is 21.0. The van der Waals surface area contributed by atoms with Crippen molar-refractivity contribution >= 4 is 40.6 Å². The van der Waals surface area contributed by atoms with Gasteiger partial charge in [0, 0.05) is 69.3 Å². The van der Waals surface area contributed by atoms with Crippen molar-refractivity contribution in [1.82, 2.24) is 15.1 Å². The van der Waals surface area contributed by atoms with Gasteiger partial charge in [-0.25, -0.2) is 4.79 Å². The number of likely N-dealkylation sites (tertiary alicyclic amines) is 1. The molecule has 0 aromatic heterocycles. The lowest BCUT2D eigenvalue weighted by atomic mass is 10.1. The zero-order valence-corrected chi connectivity index (χ0v) is 25.5. The second kappa shape index (κ2) is 13.7. The van der Waals surface area contributed by atoms with Gasteiger partial charge in [0.15, 0.2) is 0 Å². The van der Waals surface area contributed by atoms with E-state index < -0.39 is 0 Å². The van der Waals surface area contributed by atoms with Gasteiger partial charge in [-0.1, -0.05) is 29.8 Å². The van der Waals surface area contributed by atoms with Gasteiger partial charge >= 0.3 is 6.03 Å². The van der Waals surface area contributed by atoms with Crippen LogP contribution in [-0.4, -0.2) is 74.1 Å². The standard InChI is InChI=1S/C34H41ClN6O2/c35-31-23-27(25-38-14-1-2-15-38)8-13-32(31)37-34(43)41-20-18-40(19-21-41)29-11-9-28(10-12-29)33(42)36-24-26-6-5-7-30(22-26)39-16-3-4-17-39/h5-13,22-23H,1-4,14-21,24-25H2,(H,36,42)(H,37,43). The third-order valence-corrected chi connectivity index (χ3v) is 9.09. The predicted octanol–water partition coefficient (Wildman–Crippen LogP) is 5.82. The third-order valence-electron chi connectivity index (χ3n) is 8.78. The number of piperazine rings is 1. The van der Waals surface area contributed by atoms with Gasteiger partial charge in [-0.15, -0.1) is 0 Å². The Morgan fingerprint density at radius 3 is 2.12 bits per heavy atom. The van der Waals surface area contributed by atoms with Crippen molar-refractivity contribution in [3.63, 3.8) is 0 Å². The van der Waals surface area contributed by atoms with Crippen LogP contribution < -0.4 is 20.4 Å². The highest BCUT2D eigenvalue weighted by molar-refractivity contribution is 6.33. The zero-order valence-electron chi connectivity index (χ0n) is 24.7. The maximum Gasteiger partial charge on any atom is 0.322 e. The smallest absolute Gasteiger partial charge is 0.322 e. The lowest BCUT2D eigenvalue weighted by Gasteiger charge is -2.36. The monoisotopic (exact) mass is 600 g/mol. The number of urea groups is 1. The number of nitrogens with one attached hydrogen (secondary N) is 2. The molecule has 3 heterocycles. The SMILES string of the molecule is O=C(NCc1cccc(N2CCCC2)c1)c1ccc(N2CCN(C(=O)Nc3ccc(CN4CCCC4)cc3Cl)CC2)cc1. The molecule has 43 heavy (non-hydrogen) atoms. The molecule has 0 saturated carbocycles. The van der Waals surface area contributed by atoms with E-state index in [0.717, 1.165) is 57.1 Å². The Morgan fingerprint density at radius 2 is 1.40 bits per heavy atom. The number of nitrogens with zero attached hydrogens (tertiary/aromatic N) is 4. The Bertz CT molecular complexity index is 1410. The second-order valence-electron chi connectivity index (χ2n) is 11.8. The first-order valence-corrected chi connectivity index (χ1v) is 15.9. The summed E-state index contributed by atoms with van der Waals surface area (Å²) < 4.78 is 0. The highest BCUT2D eigenvalue weighted by atomic mass is 35.5. The molecule has 8 nitrogen and oxygen atoms in total. The fraction of sp³-hybridized carbons (Fsp3) is 0.412. The molecule has 3 aromatic rings. The quantitative estimate of drug-likeness (QED) is 0.341. The number of carbonyl (C=O) groups excluding carboxylic acids is 2. The summed E-state index contributed by atoms with van der Waals surface area (Å²) in [5.74, 6) is -0.0812. The van der Waals surface area contributed by atoms with Crippen LogP contribution in [0.25, 0.3) is 0 Å². The maximum atomic E-state index is 13.0. The van der Waals surface area contributed by atoms with E-state index in [1.807, 2.05) is 41.3 Å². The molecule has 0 bridgehead atoms. The van der Waals surface area contributed by atoms with Crippen LogP contribution >= 0.6 is 11.6 Å². The molecule has 3 amide bonds. The highest BCUT2D eigenvalue weighted by Gasteiger charge is 2.22. The van der Waals surface area contributed by atoms with E-state index in [9.17, 15) is 9.59 Å². The van der Waals surface area contributed by atoms with Crippen molar-refractivity contribution in [3.8, 4) is 0 Å². The van der Waals surface area contributed by atoms with E-state index in [1.165, 1.54) is 36.9 Å². The maximum absolute atomic E-state index is 13.0. The molecule has 3 aliphatic rings. The number of amides is 3. The molecular weight excluding hydrogens is 560 g/mol. The lowest BCUT2D eigenvalue weighted by Crippen LogP contribution is -2.50. The molecule has 2 N–H and O–H groups in total. The third kappa shape index (κ3) is 7.43. The van der Waals surface area contributed by atoms with Gasteiger partial charge in [0.25, 0.3) is 5.91 Å². The lowest BCUT2D eigenvalue weighted by molar-refractivity contribution is 0.0951. The van der Waals surface area contributed by atoms with Crippen molar-refractivity contribution in [2.24, 2.45) is 0 Å². The summed E-state index contributed by atoms with van der Waals surface area (Å²) in [6.45, 7) is 8.52. The molecular formula is C34H41ClN6O2. The molecule has 3 saturated heterocycles. The summed E-state index contributed by atoms with van der Waals surface area (Å²) in [6, 6.07) is 22.0. The van der Waals surface area contributed by atoms with E-state index in [2.05, 4.69) is 55.7 Å². The van der Waals surface area contributed by atoms with Crippen LogP contribution in [0.2, 0.25) is 5.02 Å². The zero-order chi connectivity index (χ0) is 29.6. The average Bonchev–Trinajstić information content (AvgIpc) is 3.77. The number of anilines is 3. The summed E-state index contributed by atoms with van der Waals surface area (Å²) in [7, 11) is 0. The fourth-order valence-electron chi connectivity index (χ4n) is 6.27. The molecule has 6 rings (SSSR count). The van der Waals surface area contributed by atoms with Gasteiger partial charge in [-0.05, 0) is 98.4 Å². The molecule has 3 aliphatic heterocycles. The summed E-state index contributed by atoms with van der Waals surface area (Å²) in [5, 5.41) is 6.62. The number of rotatable bonds is 8. The Morgan fingerprint density at radius 1 is 0.698 bits per heavy atom. The molecule has 0 unspecified atom stereocenters. The van der Waals surface area contributed by atoms with E-state index in [4.69, 9.17) is 11.6 Å². The minimum Gasteiger partial charge on any atom is -0.372 e. The summed E-state index contributed by atoms with van der Waals surface area (Å²) >= 11 is 6.53. The van der Waals surface area contributed by atoms with Crippen molar-refractivity contribution in [2.45, 2.75) is 38.8 Å². The number of hydrogen-bond acceptors (Lipinski definition) is 5. The van der Waals surface area contributed by atoms with Crippen LogP contribution in [0.4, 0.5) is 21.9 Å². The van der Waals surface area contributed by atoms with Crippen LogP contribution in [0.15, 0.2) is 66.7 Å². The van der Waals surface area contributed by atoms with Gasteiger partial charge < -0.3 is 25.3 Å². The summed E-state index contributed by atoms with van der Waals surface area (Å²) in [5.41, 5.74) is 5.84. The molecule has 0 atom stereocenters. The van der Waals surface area contributed by atoms with Gasteiger partial charge in [0.2, 0.25) is 0 Å². The van der Waals surface area contributed by atoms with E-state index in [-0.39, 0.29) is 11.9 Å². The Labute approximate surface area is 259 Å². The molecule has 226 valence electrons. The van der Waals surface area contributed by atoms with Crippen molar-refractivity contribution < 1.29 is 9.59 Å². The molecule has 0 aliphatic carbocycles. The predicted molar refractivity (Wildman–Crippen MR) is 174 cm³/mol. The Hall–Kier alpha value is -3.75. The molecule has 0 spiro atoms. The summed E-state index contributed by atoms with van der Waals surface area (Å²) in [4.78, 5) is 34.7. The van der Waals surface area contributed by atoms with Crippen LogP contribution in [0, 0.1) is 0 Å². The average molecular weight is 601 g/mol. The Balaban J connectivity index is 0.960. The van der Waals surface area contributed by atoms with E-state index >= 15 is 0 Å². The van der Waals surface area contributed by atoms with Crippen molar-refractivity contribution in [3.05, 3.63) is 88.4 Å². The minimum atomic E-state index is -0.133. The first-order valence-electron chi connectivity index (χ1n) is 15.6. The fourth-order valence-corrected chi connectivity index (χ4v) is 6.52. The minimum absolute atomic E-state index is 0.0812. The van der Waals surface area contributed by atoms with Gasteiger partial charge in [-0.3, -0.25) is 9.69 Å². The van der Waals surface area contributed by atoms with Gasteiger partial charge in [0.05, 0.1) is 10.7 Å². The van der Waals surface area contributed by atoms with Gasteiger partial charge in [-0.2, -0.15) is 0 Å². The Kier molecular flexibility index (Phi) is 9.34.